The van der Waals surface area contributed by atoms with E-state index in [9.17, 15) is 19.3 Å². The van der Waals surface area contributed by atoms with Gasteiger partial charge in [0.1, 0.15) is 11.4 Å². The minimum Gasteiger partial charge on any atom is -0.349 e. The Kier molecular flexibility index (Phi) is 3.16. The monoisotopic (exact) mass is 278 g/mol. The Morgan fingerprint density at radius 1 is 1.30 bits per heavy atom. The van der Waals surface area contributed by atoms with Crippen LogP contribution in [-0.2, 0) is 0 Å². The van der Waals surface area contributed by atoms with E-state index < -0.39 is 16.6 Å². The minimum atomic E-state index is -0.655. The normalized spacial score (nSPS) is 18.1. The van der Waals surface area contributed by atoms with Gasteiger partial charge in [0.05, 0.1) is 4.92 Å². The highest BCUT2D eigenvalue weighted by Gasteiger charge is 2.42. The fourth-order valence-electron chi connectivity index (χ4n) is 2.61. The summed E-state index contributed by atoms with van der Waals surface area (Å²) in [6, 6.07) is 3.05. The molecule has 20 heavy (non-hydrogen) atoms. The predicted molar refractivity (Wildman–Crippen MR) is 69.8 cm³/mol. The van der Waals surface area contributed by atoms with Gasteiger partial charge in [-0.3, -0.25) is 14.9 Å². The molecule has 5 nitrogen and oxygen atoms in total. The molecule has 3 rings (SSSR count). The van der Waals surface area contributed by atoms with E-state index in [2.05, 4.69) is 5.32 Å². The summed E-state index contributed by atoms with van der Waals surface area (Å²) in [5.41, 5.74) is -0.546. The molecular formula is C14H15FN2O3. The molecule has 2 saturated carbocycles. The molecule has 106 valence electrons. The first kappa shape index (κ1) is 13.0. The molecule has 0 radical (unpaired) electrons. The van der Waals surface area contributed by atoms with E-state index in [1.54, 1.807) is 0 Å². The van der Waals surface area contributed by atoms with E-state index in [1.807, 2.05) is 0 Å². The molecule has 1 N–H and O–H groups in total. The summed E-state index contributed by atoms with van der Waals surface area (Å²) in [4.78, 5) is 22.5. The molecule has 0 spiro atoms. The largest absolute Gasteiger partial charge is 0.349 e. The molecule has 1 aromatic rings. The molecule has 0 unspecified atom stereocenters. The van der Waals surface area contributed by atoms with Crippen molar-refractivity contribution in [2.45, 2.75) is 31.7 Å². The van der Waals surface area contributed by atoms with Crippen LogP contribution in [0.4, 0.5) is 10.1 Å². The molecule has 0 saturated heterocycles. The van der Waals surface area contributed by atoms with Gasteiger partial charge in [-0.2, -0.15) is 0 Å². The van der Waals surface area contributed by atoms with Crippen molar-refractivity contribution in [3.63, 3.8) is 0 Å². The van der Waals surface area contributed by atoms with Crippen LogP contribution >= 0.6 is 0 Å². The van der Waals surface area contributed by atoms with Crippen molar-refractivity contribution < 1.29 is 14.1 Å². The maximum Gasteiger partial charge on any atom is 0.282 e. The van der Waals surface area contributed by atoms with Crippen LogP contribution in [0.5, 0.6) is 0 Å². The second kappa shape index (κ2) is 4.85. The molecule has 0 heterocycles. The summed E-state index contributed by atoms with van der Waals surface area (Å²) in [5, 5.41) is 13.8. The van der Waals surface area contributed by atoms with Gasteiger partial charge in [-0.05, 0) is 49.7 Å². The van der Waals surface area contributed by atoms with E-state index in [-0.39, 0.29) is 17.3 Å². The lowest BCUT2D eigenvalue weighted by Gasteiger charge is -2.17. The highest BCUT2D eigenvalue weighted by Crippen LogP contribution is 2.44. The second-order valence-electron chi connectivity index (χ2n) is 5.59. The third kappa shape index (κ3) is 2.64. The first-order valence-corrected chi connectivity index (χ1v) is 6.81. The maximum absolute atomic E-state index is 13.2. The summed E-state index contributed by atoms with van der Waals surface area (Å²) < 4.78 is 13.2. The van der Waals surface area contributed by atoms with Gasteiger partial charge < -0.3 is 5.32 Å². The Morgan fingerprint density at radius 2 is 1.90 bits per heavy atom. The van der Waals surface area contributed by atoms with E-state index >= 15 is 0 Å². The Hall–Kier alpha value is -1.98. The number of nitrogens with zero attached hydrogens (tertiary/aromatic N) is 1. The molecule has 2 fully saturated rings. The standard InChI is InChI=1S/C14H15FN2O3/c15-10-5-6-12(17(19)20)11(7-10)14(18)16-13(8-1-2-8)9-3-4-9/h5-9,13H,1-4H2,(H,16,18). The lowest BCUT2D eigenvalue weighted by Crippen LogP contribution is -2.38. The topological polar surface area (TPSA) is 72.2 Å². The van der Waals surface area contributed by atoms with Gasteiger partial charge in [-0.15, -0.1) is 0 Å². The van der Waals surface area contributed by atoms with Crippen LogP contribution in [0.2, 0.25) is 0 Å². The fraction of sp³-hybridized carbons (Fsp3) is 0.500. The number of carbonyl (C=O) groups is 1. The average molecular weight is 278 g/mol. The first-order valence-electron chi connectivity index (χ1n) is 6.81. The highest BCUT2D eigenvalue weighted by atomic mass is 19.1. The molecule has 1 amide bonds. The summed E-state index contributed by atoms with van der Waals surface area (Å²) >= 11 is 0. The molecule has 6 heteroatoms. The van der Waals surface area contributed by atoms with Crippen LogP contribution in [0, 0.1) is 27.8 Å². The smallest absolute Gasteiger partial charge is 0.282 e. The summed E-state index contributed by atoms with van der Waals surface area (Å²) in [7, 11) is 0. The fourth-order valence-corrected chi connectivity index (χ4v) is 2.61. The number of carbonyl (C=O) groups excluding carboxylic acids is 1. The number of nitro benzene ring substituents is 1. The number of halogens is 1. The van der Waals surface area contributed by atoms with Crippen molar-refractivity contribution in [2.24, 2.45) is 11.8 Å². The van der Waals surface area contributed by atoms with E-state index in [0.29, 0.717) is 11.8 Å². The van der Waals surface area contributed by atoms with Crippen molar-refractivity contribution in [3.05, 3.63) is 39.7 Å². The molecule has 1 aromatic carbocycles. The number of hydrogen-bond acceptors (Lipinski definition) is 3. The summed E-state index contributed by atoms with van der Waals surface area (Å²) in [5.74, 6) is -0.215. The van der Waals surface area contributed by atoms with Gasteiger partial charge in [0, 0.05) is 12.1 Å². The van der Waals surface area contributed by atoms with Crippen molar-refractivity contribution in [1.82, 2.24) is 5.32 Å². The lowest BCUT2D eigenvalue weighted by atomic mass is 10.1. The van der Waals surface area contributed by atoms with Gasteiger partial charge in [-0.25, -0.2) is 4.39 Å². The Morgan fingerprint density at radius 3 is 2.40 bits per heavy atom. The van der Waals surface area contributed by atoms with E-state index in [1.165, 1.54) is 0 Å². The van der Waals surface area contributed by atoms with Crippen molar-refractivity contribution >= 4 is 11.6 Å². The zero-order valence-corrected chi connectivity index (χ0v) is 10.8. The Bertz CT molecular complexity index is 556. The number of rotatable bonds is 5. The van der Waals surface area contributed by atoms with Gasteiger partial charge in [0.25, 0.3) is 11.6 Å². The number of benzene rings is 1. The number of nitro groups is 1. The van der Waals surface area contributed by atoms with Crippen molar-refractivity contribution in [1.29, 1.82) is 0 Å². The van der Waals surface area contributed by atoms with Crippen LogP contribution in [0.1, 0.15) is 36.0 Å². The number of amides is 1. The highest BCUT2D eigenvalue weighted by molar-refractivity contribution is 5.98. The van der Waals surface area contributed by atoms with Gasteiger partial charge in [0.15, 0.2) is 0 Å². The number of hydrogen-bond donors (Lipinski definition) is 1. The summed E-state index contributed by atoms with van der Waals surface area (Å²) in [6.07, 6.45) is 4.36. The van der Waals surface area contributed by atoms with Crippen LogP contribution in [0.25, 0.3) is 0 Å². The Labute approximate surface area is 115 Å². The molecule has 0 bridgehead atoms. The third-order valence-corrected chi connectivity index (χ3v) is 3.96. The zero-order chi connectivity index (χ0) is 14.3. The predicted octanol–water partition coefficient (Wildman–Crippen LogP) is 2.65. The molecule has 2 aliphatic rings. The SMILES string of the molecule is O=C(NC(C1CC1)C1CC1)c1cc(F)ccc1[N+](=O)[O-]. The molecule has 0 aliphatic heterocycles. The molecule has 2 aliphatic carbocycles. The van der Waals surface area contributed by atoms with Crippen LogP contribution in [0.3, 0.4) is 0 Å². The third-order valence-electron chi connectivity index (χ3n) is 3.96. The Balaban J connectivity index is 1.82. The average Bonchev–Trinajstić information content (AvgIpc) is 3.28. The maximum atomic E-state index is 13.2. The number of nitrogens with one attached hydrogen (secondary N) is 1. The molecular weight excluding hydrogens is 263 g/mol. The second-order valence-corrected chi connectivity index (χ2v) is 5.59. The summed E-state index contributed by atoms with van der Waals surface area (Å²) in [6.45, 7) is 0. The zero-order valence-electron chi connectivity index (χ0n) is 10.8. The van der Waals surface area contributed by atoms with Crippen LogP contribution in [-0.4, -0.2) is 16.9 Å². The van der Waals surface area contributed by atoms with Gasteiger partial charge in [0.2, 0.25) is 0 Å². The van der Waals surface area contributed by atoms with Gasteiger partial charge in [-0.1, -0.05) is 0 Å². The van der Waals surface area contributed by atoms with Gasteiger partial charge >= 0.3 is 0 Å². The van der Waals surface area contributed by atoms with Crippen molar-refractivity contribution in [3.8, 4) is 0 Å². The molecule has 0 atom stereocenters. The van der Waals surface area contributed by atoms with Crippen LogP contribution in [0.15, 0.2) is 18.2 Å². The van der Waals surface area contributed by atoms with Crippen LogP contribution < -0.4 is 5.32 Å². The first-order chi connectivity index (χ1) is 9.56. The quantitative estimate of drug-likeness (QED) is 0.664. The molecule has 0 aromatic heterocycles. The van der Waals surface area contributed by atoms with Crippen molar-refractivity contribution in [2.75, 3.05) is 0 Å². The van der Waals surface area contributed by atoms with E-state index in [4.69, 9.17) is 0 Å². The lowest BCUT2D eigenvalue weighted by molar-refractivity contribution is -0.385. The van der Waals surface area contributed by atoms with E-state index in [0.717, 1.165) is 43.9 Å². The minimum absolute atomic E-state index is 0.0883.